The minimum absolute atomic E-state index is 0.205. The van der Waals surface area contributed by atoms with Gasteiger partial charge in [0.2, 0.25) is 5.91 Å². The lowest BCUT2D eigenvalue weighted by atomic mass is 9.77. The molecule has 3 aliphatic rings. The van der Waals surface area contributed by atoms with Crippen LogP contribution in [0.15, 0.2) is 36.4 Å². The second kappa shape index (κ2) is 4.39. The third kappa shape index (κ3) is 1.73. The van der Waals surface area contributed by atoms with Crippen LogP contribution < -0.4 is 0 Å². The highest BCUT2D eigenvalue weighted by molar-refractivity contribution is 5.90. The van der Waals surface area contributed by atoms with E-state index in [-0.39, 0.29) is 11.7 Å². The molecular formula is C16H14FNO4. The third-order valence-corrected chi connectivity index (χ3v) is 4.75. The van der Waals surface area contributed by atoms with E-state index in [0.29, 0.717) is 13.1 Å². The van der Waals surface area contributed by atoms with E-state index in [0.717, 1.165) is 5.56 Å². The molecule has 1 N–H and O–H groups in total. The maximum atomic E-state index is 13.0. The number of hydrogen-bond donors (Lipinski definition) is 1. The Balaban J connectivity index is 1.61. The van der Waals surface area contributed by atoms with Crippen LogP contribution in [0, 0.1) is 17.7 Å². The van der Waals surface area contributed by atoms with Gasteiger partial charge in [0.25, 0.3) is 0 Å². The fourth-order valence-corrected chi connectivity index (χ4v) is 3.80. The summed E-state index contributed by atoms with van der Waals surface area (Å²) in [6.07, 6.45) is 3.05. The minimum Gasteiger partial charge on any atom is -0.481 e. The zero-order valence-electron chi connectivity index (χ0n) is 11.6. The van der Waals surface area contributed by atoms with Crippen LogP contribution in [0.1, 0.15) is 5.56 Å². The van der Waals surface area contributed by atoms with Crippen LogP contribution in [0.5, 0.6) is 0 Å². The Hall–Kier alpha value is -2.21. The Morgan fingerprint density at radius 3 is 2.82 bits per heavy atom. The predicted octanol–water partition coefficient (Wildman–Crippen LogP) is 1.19. The number of carbonyl (C=O) groups excluding carboxylic acids is 1. The summed E-state index contributed by atoms with van der Waals surface area (Å²) in [6, 6.07) is 5.93. The average Bonchev–Trinajstić information content (AvgIpc) is 3.10. The van der Waals surface area contributed by atoms with Crippen molar-refractivity contribution in [3.05, 3.63) is 47.8 Å². The van der Waals surface area contributed by atoms with E-state index in [9.17, 15) is 19.1 Å². The number of fused-ring (bicyclic) bond motifs is 1. The van der Waals surface area contributed by atoms with E-state index in [1.807, 2.05) is 6.08 Å². The molecule has 0 radical (unpaired) electrons. The van der Waals surface area contributed by atoms with Gasteiger partial charge >= 0.3 is 5.97 Å². The van der Waals surface area contributed by atoms with Crippen LogP contribution in [-0.4, -0.2) is 40.1 Å². The number of likely N-dealkylation sites (tertiary alicyclic amines) is 1. The first kappa shape index (κ1) is 13.5. The molecule has 0 aromatic heterocycles. The zero-order chi connectivity index (χ0) is 15.5. The second-order valence-corrected chi connectivity index (χ2v) is 6.06. The Labute approximate surface area is 126 Å². The maximum Gasteiger partial charge on any atom is 0.310 e. The summed E-state index contributed by atoms with van der Waals surface area (Å²) in [5, 5.41) is 9.38. The first-order chi connectivity index (χ1) is 10.5. The van der Waals surface area contributed by atoms with E-state index in [1.54, 1.807) is 23.1 Å². The fourth-order valence-electron chi connectivity index (χ4n) is 3.80. The number of benzene rings is 1. The van der Waals surface area contributed by atoms with Crippen molar-refractivity contribution in [2.45, 2.75) is 18.2 Å². The molecule has 1 amide bonds. The lowest BCUT2D eigenvalue weighted by Gasteiger charge is -2.21. The molecule has 5 nitrogen and oxygen atoms in total. The molecule has 0 aliphatic carbocycles. The van der Waals surface area contributed by atoms with E-state index in [1.165, 1.54) is 12.1 Å². The van der Waals surface area contributed by atoms with Crippen LogP contribution in [0.2, 0.25) is 0 Å². The van der Waals surface area contributed by atoms with Crippen molar-refractivity contribution in [2.24, 2.45) is 11.8 Å². The summed E-state index contributed by atoms with van der Waals surface area (Å²) in [5.41, 5.74) is -0.0123. The molecule has 114 valence electrons. The van der Waals surface area contributed by atoms with Crippen LogP contribution >= 0.6 is 0 Å². The second-order valence-electron chi connectivity index (χ2n) is 6.06. The number of carbonyl (C=O) groups is 2. The molecule has 2 fully saturated rings. The lowest BCUT2D eigenvalue weighted by Crippen LogP contribution is -2.39. The van der Waals surface area contributed by atoms with Crippen LogP contribution in [0.3, 0.4) is 0 Å². The molecule has 0 saturated carbocycles. The van der Waals surface area contributed by atoms with Gasteiger partial charge in [-0.2, -0.15) is 0 Å². The highest BCUT2D eigenvalue weighted by Gasteiger charge is 2.66. The number of aliphatic carboxylic acids is 1. The van der Waals surface area contributed by atoms with Gasteiger partial charge in [-0.1, -0.05) is 24.3 Å². The van der Waals surface area contributed by atoms with Crippen molar-refractivity contribution in [2.75, 3.05) is 6.54 Å². The number of carboxylic acid groups (broad SMARTS) is 1. The Bertz CT molecular complexity index is 686. The Morgan fingerprint density at radius 2 is 2.14 bits per heavy atom. The maximum absolute atomic E-state index is 13.0. The normalized spacial score (nSPS) is 35.2. The molecule has 6 heteroatoms. The fraction of sp³-hybridized carbons (Fsp3) is 0.375. The van der Waals surface area contributed by atoms with Gasteiger partial charge in [-0.25, -0.2) is 4.39 Å². The van der Waals surface area contributed by atoms with E-state index in [4.69, 9.17) is 4.74 Å². The van der Waals surface area contributed by atoms with Gasteiger partial charge in [0.1, 0.15) is 17.3 Å². The van der Waals surface area contributed by atoms with E-state index >= 15 is 0 Å². The molecule has 1 aromatic carbocycles. The van der Waals surface area contributed by atoms with Gasteiger partial charge in [0.05, 0.1) is 18.6 Å². The predicted molar refractivity (Wildman–Crippen MR) is 73.2 cm³/mol. The third-order valence-electron chi connectivity index (χ3n) is 4.75. The first-order valence-corrected chi connectivity index (χ1v) is 7.13. The number of amides is 1. The summed E-state index contributed by atoms with van der Waals surface area (Å²) in [4.78, 5) is 25.7. The Kier molecular flexibility index (Phi) is 2.69. The molecular weight excluding hydrogens is 289 g/mol. The number of nitrogens with zero attached hydrogens (tertiary/aromatic N) is 1. The molecule has 4 atom stereocenters. The molecule has 2 bridgehead atoms. The molecule has 3 aliphatic heterocycles. The molecule has 0 unspecified atom stereocenters. The summed E-state index contributed by atoms with van der Waals surface area (Å²) in [5.74, 6) is -3.03. The van der Waals surface area contributed by atoms with Crippen LogP contribution in [0.25, 0.3) is 0 Å². The van der Waals surface area contributed by atoms with Gasteiger partial charge in [0.15, 0.2) is 0 Å². The van der Waals surface area contributed by atoms with Gasteiger partial charge in [-0.05, 0) is 17.7 Å². The van der Waals surface area contributed by atoms with Crippen molar-refractivity contribution in [1.29, 1.82) is 0 Å². The summed E-state index contributed by atoms with van der Waals surface area (Å²) < 4.78 is 18.8. The number of rotatable bonds is 3. The van der Waals surface area contributed by atoms with Gasteiger partial charge < -0.3 is 14.7 Å². The quantitative estimate of drug-likeness (QED) is 0.852. The number of hydrogen-bond acceptors (Lipinski definition) is 3. The largest absolute Gasteiger partial charge is 0.481 e. The average molecular weight is 303 g/mol. The molecule has 1 spiro atoms. The summed E-state index contributed by atoms with van der Waals surface area (Å²) >= 11 is 0. The number of halogens is 1. The highest BCUT2D eigenvalue weighted by Crippen LogP contribution is 2.52. The molecule has 2 saturated heterocycles. The summed E-state index contributed by atoms with van der Waals surface area (Å²) in [7, 11) is 0. The molecule has 22 heavy (non-hydrogen) atoms. The standard InChI is InChI=1S/C16H14FNO4/c17-10-3-1-9(2-4-10)7-18-8-16-6-5-11(22-16)12(15(20)21)13(16)14(18)19/h1-6,11-13H,7-8H2,(H,20,21)/t11-,12+,13-,16-/m1/s1. The van der Waals surface area contributed by atoms with E-state index < -0.39 is 29.5 Å². The zero-order valence-corrected chi connectivity index (χ0v) is 11.6. The SMILES string of the molecule is O=C(O)[C@H]1[C@H]2C=C[C@]3(CN(Cc4ccc(F)cc4)C(=O)[C@@H]13)O2. The monoisotopic (exact) mass is 303 g/mol. The molecule has 1 aromatic rings. The van der Waals surface area contributed by atoms with Crippen molar-refractivity contribution in [3.8, 4) is 0 Å². The minimum atomic E-state index is -1.00. The molecule has 4 rings (SSSR count). The van der Waals surface area contributed by atoms with Crippen molar-refractivity contribution in [3.63, 3.8) is 0 Å². The van der Waals surface area contributed by atoms with Crippen molar-refractivity contribution < 1.29 is 23.8 Å². The topological polar surface area (TPSA) is 66.8 Å². The highest BCUT2D eigenvalue weighted by atomic mass is 19.1. The van der Waals surface area contributed by atoms with Crippen LogP contribution in [-0.2, 0) is 20.9 Å². The van der Waals surface area contributed by atoms with Crippen molar-refractivity contribution in [1.82, 2.24) is 4.90 Å². The van der Waals surface area contributed by atoms with Gasteiger partial charge in [-0.15, -0.1) is 0 Å². The smallest absolute Gasteiger partial charge is 0.310 e. The number of carboxylic acids is 1. The van der Waals surface area contributed by atoms with Crippen molar-refractivity contribution >= 4 is 11.9 Å². The van der Waals surface area contributed by atoms with E-state index in [2.05, 4.69) is 0 Å². The van der Waals surface area contributed by atoms with Crippen LogP contribution in [0.4, 0.5) is 4.39 Å². The van der Waals surface area contributed by atoms with Gasteiger partial charge in [-0.3, -0.25) is 9.59 Å². The molecule has 3 heterocycles. The number of ether oxygens (including phenoxy) is 1. The van der Waals surface area contributed by atoms with Gasteiger partial charge in [0, 0.05) is 6.54 Å². The Morgan fingerprint density at radius 1 is 1.41 bits per heavy atom. The first-order valence-electron chi connectivity index (χ1n) is 7.13. The lowest BCUT2D eigenvalue weighted by molar-refractivity contribution is -0.148. The summed E-state index contributed by atoms with van der Waals surface area (Å²) in [6.45, 7) is 0.663.